The molecule has 6 heteroatoms. The summed E-state index contributed by atoms with van der Waals surface area (Å²) in [5.41, 5.74) is 0.998. The smallest absolute Gasteiger partial charge is 0.262 e. The number of halogens is 1. The van der Waals surface area contributed by atoms with Gasteiger partial charge in [0.1, 0.15) is 5.75 Å². The van der Waals surface area contributed by atoms with Crippen LogP contribution in [0.15, 0.2) is 47.4 Å². The molecular weight excluding hydrogens is 310 g/mol. The van der Waals surface area contributed by atoms with Crippen molar-refractivity contribution in [3.8, 4) is 5.75 Å². The second-order valence-corrected chi connectivity index (χ2v) is 6.53. The van der Waals surface area contributed by atoms with Crippen molar-refractivity contribution in [1.29, 1.82) is 0 Å². The molecule has 0 amide bonds. The lowest BCUT2D eigenvalue weighted by atomic mass is 10.2. The van der Waals surface area contributed by atoms with Crippen LogP contribution in [0.25, 0.3) is 0 Å². The van der Waals surface area contributed by atoms with Crippen LogP contribution in [0, 0.1) is 6.92 Å². The van der Waals surface area contributed by atoms with Crippen LogP contribution in [-0.2, 0) is 10.0 Å². The van der Waals surface area contributed by atoms with Crippen molar-refractivity contribution < 1.29 is 13.2 Å². The van der Waals surface area contributed by atoms with E-state index < -0.39 is 10.0 Å². The van der Waals surface area contributed by atoms with Gasteiger partial charge in [0, 0.05) is 5.02 Å². The second kappa shape index (κ2) is 6.37. The van der Waals surface area contributed by atoms with E-state index >= 15 is 0 Å². The number of aryl methyl sites for hydroxylation is 1. The van der Waals surface area contributed by atoms with Crippen LogP contribution in [0.2, 0.25) is 5.02 Å². The number of ether oxygens (including phenoxy) is 1. The normalized spacial score (nSPS) is 11.2. The van der Waals surface area contributed by atoms with Gasteiger partial charge >= 0.3 is 0 Å². The zero-order valence-corrected chi connectivity index (χ0v) is 13.3. The lowest BCUT2D eigenvalue weighted by Crippen LogP contribution is -2.15. The standard InChI is InChI=1S/C15H16ClNO3S/c1-3-20-14-9-8-12(16)10-13(14)17-21(18,19)15-7-5-4-6-11(15)2/h4-10,17H,3H2,1-2H3. The highest BCUT2D eigenvalue weighted by Crippen LogP contribution is 2.30. The number of hydrogen-bond acceptors (Lipinski definition) is 3. The molecule has 0 saturated heterocycles. The molecule has 0 aliphatic rings. The fourth-order valence-corrected chi connectivity index (χ4v) is 3.40. The number of benzene rings is 2. The molecule has 0 unspecified atom stereocenters. The van der Waals surface area contributed by atoms with Crippen LogP contribution in [0.3, 0.4) is 0 Å². The summed E-state index contributed by atoms with van der Waals surface area (Å²) in [4.78, 5) is 0.229. The first kappa shape index (κ1) is 15.7. The molecule has 0 saturated carbocycles. The van der Waals surface area contributed by atoms with Crippen molar-refractivity contribution in [2.24, 2.45) is 0 Å². The van der Waals surface area contributed by atoms with Gasteiger partial charge in [-0.2, -0.15) is 0 Å². The monoisotopic (exact) mass is 325 g/mol. The van der Waals surface area contributed by atoms with Crippen molar-refractivity contribution >= 4 is 27.3 Å². The van der Waals surface area contributed by atoms with Crippen LogP contribution < -0.4 is 9.46 Å². The van der Waals surface area contributed by atoms with E-state index in [2.05, 4.69) is 4.72 Å². The lowest BCUT2D eigenvalue weighted by Gasteiger charge is -2.14. The van der Waals surface area contributed by atoms with Crippen LogP contribution in [-0.4, -0.2) is 15.0 Å². The van der Waals surface area contributed by atoms with Gasteiger partial charge in [0.05, 0.1) is 17.2 Å². The number of nitrogens with one attached hydrogen (secondary N) is 1. The topological polar surface area (TPSA) is 55.4 Å². The zero-order valence-electron chi connectivity index (χ0n) is 11.8. The Bertz CT molecular complexity index is 744. The number of sulfonamides is 1. The predicted octanol–water partition coefficient (Wildman–Crippen LogP) is 3.85. The summed E-state index contributed by atoms with van der Waals surface area (Å²) in [6, 6.07) is 11.6. The first-order chi connectivity index (χ1) is 9.94. The molecule has 0 radical (unpaired) electrons. The van der Waals surface area contributed by atoms with Gasteiger partial charge in [-0.25, -0.2) is 8.42 Å². The molecule has 0 bridgehead atoms. The number of rotatable bonds is 5. The van der Waals surface area contributed by atoms with Crippen LogP contribution in [0.5, 0.6) is 5.75 Å². The number of anilines is 1. The third kappa shape index (κ3) is 3.68. The molecule has 2 aromatic rings. The summed E-state index contributed by atoms with van der Waals surface area (Å²) < 4.78 is 32.9. The van der Waals surface area contributed by atoms with Crippen molar-refractivity contribution in [3.63, 3.8) is 0 Å². The van der Waals surface area contributed by atoms with Gasteiger partial charge in [-0.05, 0) is 43.7 Å². The Balaban J connectivity index is 2.41. The minimum atomic E-state index is -3.69. The molecular formula is C15H16ClNO3S. The Kier molecular flexibility index (Phi) is 4.75. The molecule has 21 heavy (non-hydrogen) atoms. The van der Waals surface area contributed by atoms with Gasteiger partial charge in [0.2, 0.25) is 0 Å². The molecule has 4 nitrogen and oxygen atoms in total. The Labute approximate surface area is 129 Å². The van der Waals surface area contributed by atoms with Gasteiger partial charge < -0.3 is 4.74 Å². The fraction of sp³-hybridized carbons (Fsp3) is 0.200. The van der Waals surface area contributed by atoms with Gasteiger partial charge in [0.25, 0.3) is 10.0 Å². The first-order valence-corrected chi connectivity index (χ1v) is 8.31. The van der Waals surface area contributed by atoms with Gasteiger partial charge in [-0.15, -0.1) is 0 Å². The third-order valence-corrected chi connectivity index (χ3v) is 4.63. The summed E-state index contributed by atoms with van der Waals surface area (Å²) in [6.07, 6.45) is 0. The highest BCUT2D eigenvalue weighted by Gasteiger charge is 2.18. The second-order valence-electron chi connectivity index (χ2n) is 4.44. The maximum absolute atomic E-state index is 12.5. The average molecular weight is 326 g/mol. The lowest BCUT2D eigenvalue weighted by molar-refractivity contribution is 0.342. The van der Waals surface area contributed by atoms with E-state index in [9.17, 15) is 8.42 Å². The quantitative estimate of drug-likeness (QED) is 0.908. The van der Waals surface area contributed by atoms with E-state index in [4.69, 9.17) is 16.3 Å². The molecule has 2 rings (SSSR count). The maximum atomic E-state index is 12.5. The van der Waals surface area contributed by atoms with E-state index in [0.29, 0.717) is 28.6 Å². The molecule has 0 aliphatic heterocycles. The maximum Gasteiger partial charge on any atom is 0.262 e. The van der Waals surface area contributed by atoms with E-state index in [0.717, 1.165) is 0 Å². The Morgan fingerprint density at radius 1 is 1.19 bits per heavy atom. The van der Waals surface area contributed by atoms with Gasteiger partial charge in [-0.3, -0.25) is 4.72 Å². The Morgan fingerprint density at radius 3 is 2.57 bits per heavy atom. The molecule has 0 aliphatic carbocycles. The fourth-order valence-electron chi connectivity index (χ4n) is 1.92. The Hall–Kier alpha value is -1.72. The number of hydrogen-bond donors (Lipinski definition) is 1. The van der Waals surface area contributed by atoms with Crippen molar-refractivity contribution in [2.75, 3.05) is 11.3 Å². The van der Waals surface area contributed by atoms with E-state index in [1.165, 1.54) is 6.07 Å². The zero-order chi connectivity index (χ0) is 15.5. The molecule has 0 fully saturated rings. The third-order valence-electron chi connectivity index (χ3n) is 2.87. The molecule has 112 valence electrons. The summed E-state index contributed by atoms with van der Waals surface area (Å²) >= 11 is 5.93. The minimum Gasteiger partial charge on any atom is -0.492 e. The average Bonchev–Trinajstić information content (AvgIpc) is 2.42. The summed E-state index contributed by atoms with van der Waals surface area (Å²) in [5, 5.41) is 0.431. The van der Waals surface area contributed by atoms with E-state index in [1.807, 2.05) is 6.92 Å². The van der Waals surface area contributed by atoms with E-state index in [-0.39, 0.29) is 4.90 Å². The summed E-state index contributed by atoms with van der Waals surface area (Å²) in [6.45, 7) is 4.00. The van der Waals surface area contributed by atoms with Gasteiger partial charge in [0.15, 0.2) is 0 Å². The predicted molar refractivity (Wildman–Crippen MR) is 84.6 cm³/mol. The SMILES string of the molecule is CCOc1ccc(Cl)cc1NS(=O)(=O)c1ccccc1C. The molecule has 0 aromatic heterocycles. The van der Waals surface area contributed by atoms with Gasteiger partial charge in [-0.1, -0.05) is 29.8 Å². The van der Waals surface area contributed by atoms with Crippen LogP contribution >= 0.6 is 11.6 Å². The van der Waals surface area contributed by atoms with E-state index in [1.54, 1.807) is 43.3 Å². The summed E-state index contributed by atoms with van der Waals surface area (Å²) in [5.74, 6) is 0.444. The Morgan fingerprint density at radius 2 is 1.90 bits per heavy atom. The highest BCUT2D eigenvalue weighted by molar-refractivity contribution is 7.92. The highest BCUT2D eigenvalue weighted by atomic mass is 35.5. The molecule has 0 atom stereocenters. The largest absolute Gasteiger partial charge is 0.492 e. The van der Waals surface area contributed by atoms with Crippen LogP contribution in [0.4, 0.5) is 5.69 Å². The van der Waals surface area contributed by atoms with Crippen molar-refractivity contribution in [1.82, 2.24) is 0 Å². The molecule has 2 aromatic carbocycles. The molecule has 1 N–H and O–H groups in total. The molecule has 0 spiro atoms. The molecule has 0 heterocycles. The first-order valence-electron chi connectivity index (χ1n) is 6.45. The van der Waals surface area contributed by atoms with Crippen molar-refractivity contribution in [2.45, 2.75) is 18.7 Å². The summed E-state index contributed by atoms with van der Waals surface area (Å²) in [7, 11) is -3.69. The minimum absolute atomic E-state index is 0.229. The van der Waals surface area contributed by atoms with Crippen LogP contribution in [0.1, 0.15) is 12.5 Å². The van der Waals surface area contributed by atoms with Crippen molar-refractivity contribution in [3.05, 3.63) is 53.1 Å².